The molecule has 1 aliphatic rings. The van der Waals surface area contributed by atoms with E-state index in [0.717, 1.165) is 29.7 Å². The Labute approximate surface area is 92.0 Å². The van der Waals surface area contributed by atoms with E-state index in [0.29, 0.717) is 5.92 Å². The minimum Gasteiger partial charge on any atom is -0.392 e. The number of halogens is 1. The molecular formula is C11H13BrO2. The molecule has 1 unspecified atom stereocenters. The van der Waals surface area contributed by atoms with Crippen LogP contribution in [0.4, 0.5) is 0 Å². The summed E-state index contributed by atoms with van der Waals surface area (Å²) in [6.45, 7) is 1.73. The number of hydrogen-bond acceptors (Lipinski definition) is 2. The van der Waals surface area contributed by atoms with Crippen molar-refractivity contribution in [3.8, 4) is 0 Å². The molecule has 2 rings (SSSR count). The number of aliphatic hydroxyl groups is 1. The van der Waals surface area contributed by atoms with E-state index < -0.39 is 0 Å². The van der Waals surface area contributed by atoms with E-state index in [4.69, 9.17) is 4.74 Å². The average Bonchev–Trinajstić information content (AvgIpc) is 2.70. The minimum atomic E-state index is 0.102. The Morgan fingerprint density at radius 1 is 1.50 bits per heavy atom. The molecule has 1 aromatic rings. The molecular weight excluding hydrogens is 244 g/mol. The molecule has 1 saturated heterocycles. The Hall–Kier alpha value is -0.380. The van der Waals surface area contributed by atoms with Gasteiger partial charge in [-0.3, -0.25) is 0 Å². The first-order valence-electron chi connectivity index (χ1n) is 4.78. The van der Waals surface area contributed by atoms with Crippen molar-refractivity contribution < 1.29 is 9.84 Å². The van der Waals surface area contributed by atoms with Gasteiger partial charge in [0.25, 0.3) is 0 Å². The summed E-state index contributed by atoms with van der Waals surface area (Å²) < 4.78 is 6.37. The zero-order chi connectivity index (χ0) is 9.97. The second-order valence-electron chi connectivity index (χ2n) is 3.56. The van der Waals surface area contributed by atoms with Crippen LogP contribution >= 0.6 is 15.9 Å². The van der Waals surface area contributed by atoms with Gasteiger partial charge in [-0.25, -0.2) is 0 Å². The van der Waals surface area contributed by atoms with Crippen LogP contribution in [0.15, 0.2) is 22.7 Å². The van der Waals surface area contributed by atoms with Crippen molar-refractivity contribution in [3.05, 3.63) is 33.8 Å². The third-order valence-electron chi connectivity index (χ3n) is 2.64. The molecule has 14 heavy (non-hydrogen) atoms. The minimum absolute atomic E-state index is 0.102. The summed E-state index contributed by atoms with van der Waals surface area (Å²) in [5, 5.41) is 9.24. The molecule has 0 amide bonds. The molecule has 1 aromatic carbocycles. The lowest BCUT2D eigenvalue weighted by Gasteiger charge is -2.12. The van der Waals surface area contributed by atoms with Gasteiger partial charge in [-0.1, -0.05) is 22.0 Å². The summed E-state index contributed by atoms with van der Waals surface area (Å²) in [5.74, 6) is 0.463. The van der Waals surface area contributed by atoms with E-state index in [9.17, 15) is 5.11 Å². The lowest BCUT2D eigenvalue weighted by molar-refractivity contribution is 0.193. The van der Waals surface area contributed by atoms with Crippen molar-refractivity contribution in [2.75, 3.05) is 13.2 Å². The number of ether oxygens (including phenoxy) is 1. The van der Waals surface area contributed by atoms with Crippen molar-refractivity contribution >= 4 is 15.9 Å². The van der Waals surface area contributed by atoms with Crippen LogP contribution < -0.4 is 0 Å². The number of aliphatic hydroxyl groups excluding tert-OH is 1. The Kier molecular flexibility index (Phi) is 3.21. The van der Waals surface area contributed by atoms with Gasteiger partial charge < -0.3 is 9.84 Å². The summed E-state index contributed by atoms with van der Waals surface area (Å²) in [4.78, 5) is 0. The fourth-order valence-corrected chi connectivity index (χ4v) is 2.30. The van der Waals surface area contributed by atoms with Gasteiger partial charge in [0, 0.05) is 17.0 Å². The molecule has 0 radical (unpaired) electrons. The summed E-state index contributed by atoms with van der Waals surface area (Å²) in [6.07, 6.45) is 1.06. The van der Waals surface area contributed by atoms with Gasteiger partial charge in [0.15, 0.2) is 0 Å². The summed E-state index contributed by atoms with van der Waals surface area (Å²) in [5.41, 5.74) is 2.24. The van der Waals surface area contributed by atoms with Crippen LogP contribution in [0.5, 0.6) is 0 Å². The highest BCUT2D eigenvalue weighted by atomic mass is 79.9. The van der Waals surface area contributed by atoms with Crippen molar-refractivity contribution in [1.82, 2.24) is 0 Å². The molecule has 3 heteroatoms. The van der Waals surface area contributed by atoms with E-state index >= 15 is 0 Å². The summed E-state index contributed by atoms with van der Waals surface area (Å²) >= 11 is 3.40. The molecule has 76 valence electrons. The van der Waals surface area contributed by atoms with Crippen LogP contribution in [0, 0.1) is 0 Å². The van der Waals surface area contributed by atoms with Gasteiger partial charge in [0.2, 0.25) is 0 Å². The molecule has 2 nitrogen and oxygen atoms in total. The van der Waals surface area contributed by atoms with Gasteiger partial charge in [-0.05, 0) is 29.7 Å². The SMILES string of the molecule is OCc1cc(Br)ccc1C1CCOC1. The van der Waals surface area contributed by atoms with E-state index in [-0.39, 0.29) is 6.61 Å². The second-order valence-corrected chi connectivity index (χ2v) is 4.48. The van der Waals surface area contributed by atoms with Gasteiger partial charge in [-0.15, -0.1) is 0 Å². The fourth-order valence-electron chi connectivity index (χ4n) is 1.89. The summed E-state index contributed by atoms with van der Waals surface area (Å²) in [7, 11) is 0. The lowest BCUT2D eigenvalue weighted by atomic mass is 9.94. The predicted molar refractivity (Wildman–Crippen MR) is 58.2 cm³/mol. The maximum absolute atomic E-state index is 9.24. The highest BCUT2D eigenvalue weighted by molar-refractivity contribution is 9.10. The zero-order valence-electron chi connectivity index (χ0n) is 7.87. The number of rotatable bonds is 2. The number of hydrogen-bond donors (Lipinski definition) is 1. The van der Waals surface area contributed by atoms with Crippen molar-refractivity contribution in [3.63, 3.8) is 0 Å². The monoisotopic (exact) mass is 256 g/mol. The topological polar surface area (TPSA) is 29.5 Å². The molecule has 0 aliphatic carbocycles. The molecule has 0 spiro atoms. The maximum atomic E-state index is 9.24. The smallest absolute Gasteiger partial charge is 0.0685 e. The van der Waals surface area contributed by atoms with Gasteiger partial charge in [0.05, 0.1) is 13.2 Å². The second kappa shape index (κ2) is 4.43. The van der Waals surface area contributed by atoms with Gasteiger partial charge in [-0.2, -0.15) is 0 Å². The third-order valence-corrected chi connectivity index (χ3v) is 3.14. The molecule has 1 N–H and O–H groups in total. The molecule has 1 aliphatic heterocycles. The number of benzene rings is 1. The lowest BCUT2D eigenvalue weighted by Crippen LogP contribution is -2.02. The normalized spacial score (nSPS) is 21.4. The molecule has 0 saturated carbocycles. The fraction of sp³-hybridized carbons (Fsp3) is 0.455. The van der Waals surface area contributed by atoms with Crippen LogP contribution in [-0.4, -0.2) is 18.3 Å². The molecule has 1 heterocycles. The van der Waals surface area contributed by atoms with E-state index in [1.54, 1.807) is 0 Å². The highest BCUT2D eigenvalue weighted by Crippen LogP contribution is 2.29. The first-order chi connectivity index (χ1) is 6.81. The van der Waals surface area contributed by atoms with Crippen molar-refractivity contribution in [1.29, 1.82) is 0 Å². The van der Waals surface area contributed by atoms with Crippen molar-refractivity contribution in [2.45, 2.75) is 18.9 Å². The standard InChI is InChI=1S/C11H13BrO2/c12-10-1-2-11(9(5-10)6-13)8-3-4-14-7-8/h1-2,5,8,13H,3-4,6-7H2. The molecule has 0 aromatic heterocycles. The first-order valence-corrected chi connectivity index (χ1v) is 5.57. The maximum Gasteiger partial charge on any atom is 0.0685 e. The quantitative estimate of drug-likeness (QED) is 0.881. The molecule has 1 atom stereocenters. The Balaban J connectivity index is 2.31. The molecule has 0 bridgehead atoms. The molecule has 1 fully saturated rings. The van der Waals surface area contributed by atoms with Gasteiger partial charge >= 0.3 is 0 Å². The van der Waals surface area contributed by atoms with Crippen LogP contribution in [0.2, 0.25) is 0 Å². The van der Waals surface area contributed by atoms with Crippen molar-refractivity contribution in [2.24, 2.45) is 0 Å². The van der Waals surface area contributed by atoms with Crippen LogP contribution in [0.25, 0.3) is 0 Å². The van der Waals surface area contributed by atoms with Gasteiger partial charge in [0.1, 0.15) is 0 Å². The van der Waals surface area contributed by atoms with Crippen LogP contribution in [-0.2, 0) is 11.3 Å². The third kappa shape index (κ3) is 2.00. The van der Waals surface area contributed by atoms with E-state index in [1.807, 2.05) is 12.1 Å². The average molecular weight is 257 g/mol. The van der Waals surface area contributed by atoms with Crippen LogP contribution in [0.3, 0.4) is 0 Å². The van der Waals surface area contributed by atoms with Crippen LogP contribution in [0.1, 0.15) is 23.5 Å². The first kappa shape index (κ1) is 10.1. The largest absolute Gasteiger partial charge is 0.392 e. The zero-order valence-corrected chi connectivity index (χ0v) is 9.46. The van der Waals surface area contributed by atoms with E-state index in [2.05, 4.69) is 22.0 Å². The predicted octanol–water partition coefficient (Wildman–Crippen LogP) is 2.45. The highest BCUT2D eigenvalue weighted by Gasteiger charge is 2.20. The Bertz CT molecular complexity index is 319. The Morgan fingerprint density at radius 3 is 3.00 bits per heavy atom. The summed E-state index contributed by atoms with van der Waals surface area (Å²) in [6, 6.07) is 6.08. The van der Waals surface area contributed by atoms with E-state index in [1.165, 1.54) is 5.56 Å². The Morgan fingerprint density at radius 2 is 2.36 bits per heavy atom.